The van der Waals surface area contributed by atoms with Crippen LogP contribution in [0.4, 0.5) is 0 Å². The fourth-order valence-electron chi connectivity index (χ4n) is 1.24. The normalized spacial score (nSPS) is 11.3. The lowest BCUT2D eigenvalue weighted by molar-refractivity contribution is 0.598. The van der Waals surface area contributed by atoms with Gasteiger partial charge in [0.1, 0.15) is 0 Å². The van der Waals surface area contributed by atoms with Crippen molar-refractivity contribution in [1.29, 1.82) is 0 Å². The first-order valence-electron chi connectivity index (χ1n) is 4.68. The van der Waals surface area contributed by atoms with Crippen LogP contribution in [0.15, 0.2) is 12.3 Å². The lowest BCUT2D eigenvalue weighted by Crippen LogP contribution is -1.96. The second-order valence-electron chi connectivity index (χ2n) is 3.07. The van der Waals surface area contributed by atoms with Gasteiger partial charge in [-0.05, 0) is 13.3 Å². The highest BCUT2D eigenvalue weighted by molar-refractivity contribution is 5.50. The van der Waals surface area contributed by atoms with Crippen LogP contribution in [0, 0.1) is 6.92 Å². The lowest BCUT2D eigenvalue weighted by atomic mass is 10.2. The Balaban J connectivity index is 2.77. The minimum absolute atomic E-state index is 0.582. The Hall–Kier alpha value is -1.09. The highest BCUT2D eigenvalue weighted by atomic mass is 15.3. The summed E-state index contributed by atoms with van der Waals surface area (Å²) >= 11 is 0. The average molecular weight is 179 g/mol. The monoisotopic (exact) mass is 179 g/mol. The third kappa shape index (κ3) is 2.70. The first kappa shape index (κ1) is 9.99. The zero-order valence-electron chi connectivity index (χ0n) is 8.33. The van der Waals surface area contributed by atoms with Crippen LogP contribution in [-0.2, 0) is 6.54 Å². The van der Waals surface area contributed by atoms with E-state index in [2.05, 4.69) is 18.2 Å². The van der Waals surface area contributed by atoms with Crippen LogP contribution in [0.2, 0.25) is 0 Å². The van der Waals surface area contributed by atoms with Crippen molar-refractivity contribution in [2.45, 2.75) is 26.8 Å². The largest absolute Gasteiger partial charge is 0.327 e. The van der Waals surface area contributed by atoms with E-state index in [-0.39, 0.29) is 0 Å². The maximum Gasteiger partial charge on any atom is 0.0665 e. The SMILES string of the molecule is CCCn1cc(C=CCN)c(C)n1. The minimum Gasteiger partial charge on any atom is -0.327 e. The van der Waals surface area contributed by atoms with Crippen molar-refractivity contribution in [2.75, 3.05) is 6.54 Å². The second-order valence-corrected chi connectivity index (χ2v) is 3.07. The molecule has 2 N–H and O–H groups in total. The molecule has 0 saturated heterocycles. The van der Waals surface area contributed by atoms with Gasteiger partial charge in [0.05, 0.1) is 5.69 Å². The molecule has 1 rings (SSSR count). The molecule has 0 radical (unpaired) electrons. The molecule has 1 heterocycles. The Morgan fingerprint density at radius 1 is 1.62 bits per heavy atom. The van der Waals surface area contributed by atoms with E-state index in [0.29, 0.717) is 6.54 Å². The number of aromatic nitrogens is 2. The molecule has 0 bridgehead atoms. The van der Waals surface area contributed by atoms with E-state index in [1.165, 1.54) is 5.56 Å². The molecule has 0 spiro atoms. The maximum absolute atomic E-state index is 5.38. The molecule has 1 aromatic rings. The predicted molar refractivity (Wildman–Crippen MR) is 55.3 cm³/mol. The number of nitrogens with zero attached hydrogens (tertiary/aromatic N) is 2. The summed E-state index contributed by atoms with van der Waals surface area (Å²) in [6.07, 6.45) is 7.14. The van der Waals surface area contributed by atoms with Crippen molar-refractivity contribution in [3.8, 4) is 0 Å². The molecule has 1 aromatic heterocycles. The van der Waals surface area contributed by atoms with Gasteiger partial charge in [-0.2, -0.15) is 5.10 Å². The first-order chi connectivity index (χ1) is 6.27. The van der Waals surface area contributed by atoms with Crippen molar-refractivity contribution >= 4 is 6.08 Å². The molecule has 13 heavy (non-hydrogen) atoms. The smallest absolute Gasteiger partial charge is 0.0665 e. The van der Waals surface area contributed by atoms with Gasteiger partial charge in [0.25, 0.3) is 0 Å². The Bertz CT molecular complexity index is 286. The molecule has 0 aliphatic rings. The number of nitrogens with two attached hydrogens (primary N) is 1. The van der Waals surface area contributed by atoms with Gasteiger partial charge >= 0.3 is 0 Å². The molecular formula is C10H17N3. The highest BCUT2D eigenvalue weighted by Gasteiger charge is 1.99. The van der Waals surface area contributed by atoms with E-state index >= 15 is 0 Å². The number of rotatable bonds is 4. The summed E-state index contributed by atoms with van der Waals surface area (Å²) < 4.78 is 1.98. The minimum atomic E-state index is 0.582. The highest BCUT2D eigenvalue weighted by Crippen LogP contribution is 2.07. The molecular weight excluding hydrogens is 162 g/mol. The molecule has 0 aromatic carbocycles. The summed E-state index contributed by atoms with van der Waals surface area (Å²) in [5.41, 5.74) is 7.61. The third-order valence-corrected chi connectivity index (χ3v) is 1.87. The molecule has 0 aliphatic heterocycles. The Labute approximate surface area is 79.2 Å². The van der Waals surface area contributed by atoms with Gasteiger partial charge in [-0.3, -0.25) is 4.68 Å². The van der Waals surface area contributed by atoms with Crippen LogP contribution in [0.3, 0.4) is 0 Å². The maximum atomic E-state index is 5.38. The summed E-state index contributed by atoms with van der Waals surface area (Å²) in [7, 11) is 0. The quantitative estimate of drug-likeness (QED) is 0.762. The van der Waals surface area contributed by atoms with Crippen molar-refractivity contribution < 1.29 is 0 Å². The van der Waals surface area contributed by atoms with Crippen LogP contribution in [-0.4, -0.2) is 16.3 Å². The van der Waals surface area contributed by atoms with Gasteiger partial charge < -0.3 is 5.73 Å². The third-order valence-electron chi connectivity index (χ3n) is 1.87. The van der Waals surface area contributed by atoms with Gasteiger partial charge in [-0.25, -0.2) is 0 Å². The van der Waals surface area contributed by atoms with Gasteiger partial charge in [0.15, 0.2) is 0 Å². The Morgan fingerprint density at radius 2 is 2.38 bits per heavy atom. The van der Waals surface area contributed by atoms with Crippen LogP contribution in [0.5, 0.6) is 0 Å². The molecule has 0 unspecified atom stereocenters. The van der Waals surface area contributed by atoms with E-state index in [1.807, 2.05) is 23.8 Å². The summed E-state index contributed by atoms with van der Waals surface area (Å²) in [4.78, 5) is 0. The van der Waals surface area contributed by atoms with Gasteiger partial charge in [0.2, 0.25) is 0 Å². The Morgan fingerprint density at radius 3 is 3.00 bits per heavy atom. The number of hydrogen-bond donors (Lipinski definition) is 1. The Kier molecular flexibility index (Phi) is 3.71. The van der Waals surface area contributed by atoms with Gasteiger partial charge in [-0.1, -0.05) is 19.1 Å². The zero-order chi connectivity index (χ0) is 9.68. The number of aryl methyl sites for hydroxylation is 2. The van der Waals surface area contributed by atoms with E-state index in [0.717, 1.165) is 18.7 Å². The molecule has 72 valence electrons. The first-order valence-corrected chi connectivity index (χ1v) is 4.68. The molecule has 0 aliphatic carbocycles. The van der Waals surface area contributed by atoms with Gasteiger partial charge in [0, 0.05) is 24.8 Å². The molecule has 3 nitrogen and oxygen atoms in total. The van der Waals surface area contributed by atoms with E-state index < -0.39 is 0 Å². The van der Waals surface area contributed by atoms with Crippen LogP contribution < -0.4 is 5.73 Å². The summed E-state index contributed by atoms with van der Waals surface area (Å²) in [5, 5.41) is 4.38. The van der Waals surface area contributed by atoms with Crippen molar-refractivity contribution in [3.63, 3.8) is 0 Å². The lowest BCUT2D eigenvalue weighted by Gasteiger charge is -1.93. The topological polar surface area (TPSA) is 43.8 Å². The zero-order valence-corrected chi connectivity index (χ0v) is 8.33. The van der Waals surface area contributed by atoms with Crippen LogP contribution in [0.1, 0.15) is 24.6 Å². The summed E-state index contributed by atoms with van der Waals surface area (Å²) in [5.74, 6) is 0. The predicted octanol–water partition coefficient (Wildman–Crippen LogP) is 1.57. The molecule has 0 atom stereocenters. The standard InChI is InChI=1S/C10H17N3/c1-3-7-13-8-10(5-4-6-11)9(2)12-13/h4-5,8H,3,6-7,11H2,1-2H3. The van der Waals surface area contributed by atoms with Crippen molar-refractivity contribution in [1.82, 2.24) is 9.78 Å². The number of hydrogen-bond acceptors (Lipinski definition) is 2. The molecule has 0 saturated carbocycles. The van der Waals surface area contributed by atoms with E-state index in [9.17, 15) is 0 Å². The fraction of sp³-hybridized carbons (Fsp3) is 0.500. The van der Waals surface area contributed by atoms with Crippen molar-refractivity contribution in [2.24, 2.45) is 5.73 Å². The fourth-order valence-corrected chi connectivity index (χ4v) is 1.24. The van der Waals surface area contributed by atoms with E-state index in [1.54, 1.807) is 0 Å². The molecule has 3 heteroatoms. The molecule has 0 fully saturated rings. The summed E-state index contributed by atoms with van der Waals surface area (Å²) in [6, 6.07) is 0. The average Bonchev–Trinajstić information content (AvgIpc) is 2.44. The molecule has 0 amide bonds. The van der Waals surface area contributed by atoms with Crippen LogP contribution >= 0.6 is 0 Å². The summed E-state index contributed by atoms with van der Waals surface area (Å²) in [6.45, 7) is 5.73. The second kappa shape index (κ2) is 4.82. The van der Waals surface area contributed by atoms with Gasteiger partial charge in [-0.15, -0.1) is 0 Å². The van der Waals surface area contributed by atoms with E-state index in [4.69, 9.17) is 5.73 Å². The van der Waals surface area contributed by atoms with Crippen molar-refractivity contribution in [3.05, 3.63) is 23.5 Å². The van der Waals surface area contributed by atoms with Crippen LogP contribution in [0.25, 0.3) is 6.08 Å².